The van der Waals surface area contributed by atoms with Crippen LogP contribution < -0.4 is 5.73 Å². The number of carboxylic acids is 1. The van der Waals surface area contributed by atoms with Crippen molar-refractivity contribution in [3.05, 3.63) is 72.9 Å². The highest BCUT2D eigenvalue weighted by Crippen LogP contribution is 2.47. The number of aliphatic carboxylic acids is 1. The highest BCUT2D eigenvalue weighted by atomic mass is 32.2. The summed E-state index contributed by atoms with van der Waals surface area (Å²) < 4.78 is 33.7. The summed E-state index contributed by atoms with van der Waals surface area (Å²) in [5.41, 5.74) is 6.21. The third kappa shape index (κ3) is 31.2. The summed E-state index contributed by atoms with van der Waals surface area (Å²) in [5.74, 6) is -2.77. The Hall–Kier alpha value is -2.97. The molecule has 19 heteroatoms. The molecule has 0 aromatic carbocycles. The summed E-state index contributed by atoms with van der Waals surface area (Å²) in [7, 11) is -5.29. The van der Waals surface area contributed by atoms with E-state index in [1.165, 1.54) is 38.5 Å². The van der Waals surface area contributed by atoms with Gasteiger partial charge in [0.25, 0.3) is 0 Å². The van der Waals surface area contributed by atoms with Gasteiger partial charge in [0.1, 0.15) is 49.3 Å². The fourth-order valence-electron chi connectivity index (χ4n) is 6.86. The number of phosphoric acid groups is 1. The van der Waals surface area contributed by atoms with E-state index in [1.54, 1.807) is 18.2 Å². The smallest absolute Gasteiger partial charge is 0.472 e. The van der Waals surface area contributed by atoms with Gasteiger partial charge in [-0.05, 0) is 70.6 Å². The maximum atomic E-state index is 13.3. The summed E-state index contributed by atoms with van der Waals surface area (Å²) in [6.45, 7) is 2.80. The van der Waals surface area contributed by atoms with Gasteiger partial charge in [0.05, 0.1) is 12.7 Å². The second-order valence-corrected chi connectivity index (χ2v) is 19.8. The number of carbonyl (C=O) groups is 3. The van der Waals surface area contributed by atoms with Gasteiger partial charge in [-0.15, -0.1) is 11.8 Å². The molecule has 0 radical (unpaired) electrons. The van der Waals surface area contributed by atoms with Crippen molar-refractivity contribution in [3.8, 4) is 0 Å². The van der Waals surface area contributed by atoms with Crippen LogP contribution in [0.3, 0.4) is 0 Å². The second-order valence-electron chi connectivity index (χ2n) is 17.2. The van der Waals surface area contributed by atoms with Crippen LogP contribution in [-0.2, 0) is 37.5 Å². The Morgan fingerprint density at radius 2 is 1.20 bits per heavy atom. The molecule has 0 saturated heterocycles. The molecule has 69 heavy (non-hydrogen) atoms. The lowest BCUT2D eigenvalue weighted by atomic mass is 9.85. The van der Waals surface area contributed by atoms with Gasteiger partial charge in [-0.3, -0.25) is 23.4 Å². The predicted molar refractivity (Wildman–Crippen MR) is 268 cm³/mol. The van der Waals surface area contributed by atoms with Crippen LogP contribution in [0.4, 0.5) is 0 Å². The number of nitrogens with two attached hydrogens (primary N) is 1. The molecule has 1 rings (SSSR count). The molecular weight excluding hydrogens is 934 g/mol. The summed E-state index contributed by atoms with van der Waals surface area (Å²) >= 11 is 1.11. The number of aliphatic hydroxyl groups is 6. The van der Waals surface area contributed by atoms with E-state index >= 15 is 0 Å². The van der Waals surface area contributed by atoms with Crippen LogP contribution in [0.25, 0.3) is 0 Å². The van der Waals surface area contributed by atoms with E-state index in [0.29, 0.717) is 6.42 Å². The zero-order valence-electron chi connectivity index (χ0n) is 40.7. The van der Waals surface area contributed by atoms with Crippen LogP contribution >= 0.6 is 19.6 Å². The van der Waals surface area contributed by atoms with Gasteiger partial charge < -0.3 is 55.8 Å². The molecule has 0 aliphatic heterocycles. The number of carboxylic acid groups (broad SMARTS) is 1. The highest BCUT2D eigenvalue weighted by molar-refractivity contribution is 8.00. The SMILES string of the molecule is CCCCC/C=C\C\C=C/C=C/C=C/[C@@H](SC[C@H](N)C(=O)O[C@H](COC(=O)CCCCCCC/C=C\C/C=C\CCCCC)COP(=O)(O)OC1[C@H](O)[C@H](O)C(O)[C@H](O)[C@H]1O)[C@@H](O)CCCC(=O)O. The lowest BCUT2D eigenvalue weighted by Crippen LogP contribution is -2.64. The first kappa shape index (κ1) is 64.0. The molecule has 0 amide bonds. The molecule has 1 aliphatic rings. The molecule has 10 N–H and O–H groups in total. The van der Waals surface area contributed by atoms with E-state index in [9.17, 15) is 54.5 Å². The van der Waals surface area contributed by atoms with E-state index in [2.05, 4.69) is 50.3 Å². The maximum Gasteiger partial charge on any atom is 0.472 e. The summed E-state index contributed by atoms with van der Waals surface area (Å²) in [6, 6.07) is -1.34. The number of esters is 2. The Bertz CT molecular complexity index is 1610. The van der Waals surface area contributed by atoms with E-state index in [4.69, 9.17) is 29.4 Å². The summed E-state index contributed by atoms with van der Waals surface area (Å²) in [5, 5.41) is 69.9. The molecule has 0 spiro atoms. The van der Waals surface area contributed by atoms with Gasteiger partial charge >= 0.3 is 25.7 Å². The third-order valence-corrected chi connectivity index (χ3v) is 13.4. The fraction of sp³-hybridized carbons (Fsp3) is 0.700. The minimum absolute atomic E-state index is 0.0451. The number of carbonyl (C=O) groups excluding carboxylic acids is 2. The number of thioether (sulfide) groups is 1. The van der Waals surface area contributed by atoms with Crippen LogP contribution in [0.2, 0.25) is 0 Å². The van der Waals surface area contributed by atoms with Crippen molar-refractivity contribution in [1.29, 1.82) is 0 Å². The van der Waals surface area contributed by atoms with Crippen LogP contribution in [0.15, 0.2) is 72.9 Å². The number of rotatable bonds is 40. The number of ether oxygens (including phenoxy) is 2. The van der Waals surface area contributed by atoms with Crippen molar-refractivity contribution < 1.29 is 78.1 Å². The number of hydrogen-bond donors (Lipinski definition) is 9. The van der Waals surface area contributed by atoms with Gasteiger partial charge in [-0.25, -0.2) is 4.57 Å². The lowest BCUT2D eigenvalue weighted by Gasteiger charge is -2.41. The highest BCUT2D eigenvalue weighted by Gasteiger charge is 2.51. The molecule has 3 unspecified atom stereocenters. The molecule has 11 atom stereocenters. The number of unbranched alkanes of at least 4 members (excludes halogenated alkanes) is 11. The third-order valence-electron chi connectivity index (χ3n) is 11.0. The summed E-state index contributed by atoms with van der Waals surface area (Å²) in [4.78, 5) is 47.6. The van der Waals surface area contributed by atoms with E-state index in [1.807, 2.05) is 18.2 Å². The first-order chi connectivity index (χ1) is 33.0. The first-order valence-electron chi connectivity index (χ1n) is 24.7. The molecule has 1 saturated carbocycles. The van der Waals surface area contributed by atoms with Crippen LogP contribution in [0.1, 0.15) is 142 Å². The van der Waals surface area contributed by atoms with E-state index in [-0.39, 0.29) is 31.4 Å². The molecule has 396 valence electrons. The largest absolute Gasteiger partial charge is 0.481 e. The van der Waals surface area contributed by atoms with Crippen LogP contribution in [0, 0.1) is 0 Å². The molecule has 0 bridgehead atoms. The van der Waals surface area contributed by atoms with Crippen molar-refractivity contribution in [1.82, 2.24) is 0 Å². The van der Waals surface area contributed by atoms with Gasteiger partial charge in [0.2, 0.25) is 0 Å². The maximum absolute atomic E-state index is 13.3. The second kappa shape index (κ2) is 39.6. The molecule has 1 fully saturated rings. The molecule has 0 heterocycles. The molecule has 1 aliphatic carbocycles. The average Bonchev–Trinajstić information content (AvgIpc) is 3.32. The van der Waals surface area contributed by atoms with E-state index in [0.717, 1.165) is 69.5 Å². The van der Waals surface area contributed by atoms with Crippen molar-refractivity contribution in [2.45, 2.75) is 202 Å². The number of hydrogen-bond acceptors (Lipinski definition) is 16. The molecule has 0 aromatic rings. The minimum atomic E-state index is -5.29. The molecule has 0 aromatic heterocycles. The normalized spacial score (nSPS) is 22.8. The van der Waals surface area contributed by atoms with Gasteiger partial charge in [-0.2, -0.15) is 0 Å². The average molecular weight is 1020 g/mol. The number of allylic oxidation sites excluding steroid dienone is 11. The molecular formula is C50H84NO16PS. The van der Waals surface area contributed by atoms with Crippen molar-refractivity contribution in [2.24, 2.45) is 5.73 Å². The zero-order chi connectivity index (χ0) is 51.3. The Labute approximate surface area is 414 Å². The fourth-order valence-corrected chi connectivity index (χ4v) is 8.96. The minimum Gasteiger partial charge on any atom is -0.481 e. The van der Waals surface area contributed by atoms with Gasteiger partial charge in [-0.1, -0.05) is 132 Å². The topological polar surface area (TPSA) is 293 Å². The monoisotopic (exact) mass is 1020 g/mol. The Morgan fingerprint density at radius 1 is 0.667 bits per heavy atom. The first-order valence-corrected chi connectivity index (χ1v) is 27.2. The van der Waals surface area contributed by atoms with Crippen LogP contribution in [0.5, 0.6) is 0 Å². The van der Waals surface area contributed by atoms with E-state index < -0.39 is 99.1 Å². The quantitative estimate of drug-likeness (QED) is 0.0100. The lowest BCUT2D eigenvalue weighted by molar-refractivity contribution is -0.220. The van der Waals surface area contributed by atoms with Crippen molar-refractivity contribution in [3.63, 3.8) is 0 Å². The standard InChI is InChI=1S/C50H84NO16PS/c1-3-5-7-9-11-13-15-17-18-19-21-23-25-27-29-34-43(55)64-35-38(36-65-68(62,63)67-49-47(59)45(57)44(56)46(58)48(49)60)66-50(61)39(51)37-69-41(40(52)31-30-33-42(53)54)32-28-26-24-22-20-16-14-12-10-8-6-4-2/h11-14,17-18,20,22,24,26,28,32,38-41,44-49,52,56-60H,3-10,15-16,19,21,23,25,27,29-31,33-37,51H2,1-2H3,(H,53,54)(H,62,63)/b13-11-,14-12-,18-17-,22-20-,26-24+,32-28+/t38-,39+,40+,41-,44?,45-,46+,47-,48-,49?/m1/s1. The zero-order valence-corrected chi connectivity index (χ0v) is 42.5. The molecule has 17 nitrogen and oxygen atoms in total. The van der Waals surface area contributed by atoms with Crippen molar-refractivity contribution in [2.75, 3.05) is 19.0 Å². The Morgan fingerprint density at radius 3 is 1.80 bits per heavy atom. The number of aliphatic hydroxyl groups excluding tert-OH is 6. The predicted octanol–water partition coefficient (Wildman–Crippen LogP) is 6.82. The Balaban J connectivity index is 2.91. The van der Waals surface area contributed by atoms with Crippen molar-refractivity contribution >= 4 is 37.5 Å². The summed E-state index contributed by atoms with van der Waals surface area (Å²) in [6.07, 6.45) is 25.5. The van der Waals surface area contributed by atoms with Gasteiger partial charge in [0, 0.05) is 23.8 Å². The number of phosphoric ester groups is 1. The Kier molecular flexibility index (Phi) is 36.8. The van der Waals surface area contributed by atoms with Crippen LogP contribution in [-0.4, -0.2) is 138 Å². The van der Waals surface area contributed by atoms with Gasteiger partial charge in [0.15, 0.2) is 6.10 Å².